The molecule has 1 aliphatic heterocycles. The first kappa shape index (κ1) is 26.0. The Kier molecular flexibility index (Phi) is 6.59. The number of thiazole rings is 1. The number of halogens is 6. The third-order valence-electron chi connectivity index (χ3n) is 6.31. The summed E-state index contributed by atoms with van der Waals surface area (Å²) in [5.41, 5.74) is 4.00. The zero-order valence-electron chi connectivity index (χ0n) is 19.6. The van der Waals surface area contributed by atoms with E-state index in [2.05, 4.69) is 15.2 Å². The maximum Gasteiger partial charge on any atom is 0.417 e. The molecule has 4 aromatic rings. The Morgan fingerprint density at radius 2 is 1.89 bits per heavy atom. The first-order chi connectivity index (χ1) is 17.9. The van der Waals surface area contributed by atoms with E-state index >= 15 is 0 Å². The predicted molar refractivity (Wildman–Crippen MR) is 133 cm³/mol. The minimum Gasteiger partial charge on any atom is -0.492 e. The lowest BCUT2D eigenvalue weighted by atomic mass is 9.96. The van der Waals surface area contributed by atoms with E-state index in [1.807, 2.05) is 4.90 Å². The van der Waals surface area contributed by atoms with Crippen LogP contribution in [-0.2, 0) is 12.4 Å². The SMILES string of the molecule is N[C@@H]1CCCN(c2nc(O)c(C(=Cc3ccc(C(F)(F)F)cc3C(F)(F)F)c3ccc4[nH]ncc4c3)s2)C1. The minimum atomic E-state index is -5.06. The molecule has 1 aliphatic rings. The number of nitrogens with zero attached hydrogens (tertiary/aromatic N) is 3. The van der Waals surface area contributed by atoms with E-state index < -0.39 is 34.9 Å². The van der Waals surface area contributed by atoms with Crippen molar-refractivity contribution in [2.45, 2.75) is 31.2 Å². The van der Waals surface area contributed by atoms with Gasteiger partial charge in [-0.15, -0.1) is 0 Å². The molecule has 1 saturated heterocycles. The van der Waals surface area contributed by atoms with Crippen molar-refractivity contribution in [2.75, 3.05) is 18.0 Å². The van der Waals surface area contributed by atoms with Crippen LogP contribution >= 0.6 is 11.3 Å². The van der Waals surface area contributed by atoms with Gasteiger partial charge in [0, 0.05) is 30.1 Å². The first-order valence-electron chi connectivity index (χ1n) is 11.5. The zero-order valence-corrected chi connectivity index (χ0v) is 20.4. The number of nitrogens with two attached hydrogens (primary N) is 1. The summed E-state index contributed by atoms with van der Waals surface area (Å²) >= 11 is 1.07. The normalized spacial score (nSPS) is 17.4. The van der Waals surface area contributed by atoms with E-state index in [-0.39, 0.29) is 22.6 Å². The number of hydrogen-bond acceptors (Lipinski definition) is 6. The van der Waals surface area contributed by atoms with Crippen molar-refractivity contribution in [2.24, 2.45) is 5.73 Å². The Morgan fingerprint density at radius 1 is 1.11 bits per heavy atom. The van der Waals surface area contributed by atoms with Gasteiger partial charge in [-0.3, -0.25) is 5.10 Å². The van der Waals surface area contributed by atoms with Gasteiger partial charge in [0.1, 0.15) is 4.88 Å². The Hall–Kier alpha value is -3.58. The Balaban J connectivity index is 1.69. The molecule has 2 aromatic carbocycles. The fourth-order valence-corrected chi connectivity index (χ4v) is 5.48. The van der Waals surface area contributed by atoms with Crippen LogP contribution in [-0.4, -0.2) is 39.4 Å². The second kappa shape index (κ2) is 9.62. The molecule has 5 rings (SSSR count). The van der Waals surface area contributed by atoms with Crippen molar-refractivity contribution in [3.8, 4) is 5.88 Å². The van der Waals surface area contributed by atoms with Crippen molar-refractivity contribution < 1.29 is 31.4 Å². The predicted octanol–water partition coefficient (Wildman–Crippen LogP) is 6.28. The molecule has 200 valence electrons. The third kappa shape index (κ3) is 5.20. The molecule has 1 atom stereocenters. The van der Waals surface area contributed by atoms with Crippen LogP contribution in [0.1, 0.15) is 40.0 Å². The molecule has 38 heavy (non-hydrogen) atoms. The van der Waals surface area contributed by atoms with Gasteiger partial charge >= 0.3 is 12.4 Å². The van der Waals surface area contributed by atoms with Gasteiger partial charge in [-0.2, -0.15) is 36.4 Å². The van der Waals surface area contributed by atoms with Crippen LogP contribution in [0.3, 0.4) is 0 Å². The van der Waals surface area contributed by atoms with E-state index in [9.17, 15) is 31.4 Å². The molecule has 0 spiro atoms. The summed E-state index contributed by atoms with van der Waals surface area (Å²) in [7, 11) is 0. The summed E-state index contributed by atoms with van der Waals surface area (Å²) < 4.78 is 81.4. The monoisotopic (exact) mass is 553 g/mol. The van der Waals surface area contributed by atoms with Crippen LogP contribution < -0.4 is 10.6 Å². The topological polar surface area (TPSA) is 91.1 Å². The van der Waals surface area contributed by atoms with E-state index in [1.165, 1.54) is 6.20 Å². The standard InChI is InChI=1S/C25H21F6N5OS/c26-24(27,28)16-5-3-14(19(10-16)25(29,30)31)9-18(13-4-6-20-15(8-13)11-33-35-20)21-22(37)34-23(38-21)36-7-1-2-17(32)12-36/h3-6,8-11,17,37H,1-2,7,12,32H2,(H,33,35)/t17-/m1/s1. The lowest BCUT2D eigenvalue weighted by Crippen LogP contribution is -2.42. The summed E-state index contributed by atoms with van der Waals surface area (Å²) in [6, 6.07) is 6.35. The molecule has 4 N–H and O–H groups in total. The number of aromatic amines is 1. The van der Waals surface area contributed by atoms with Gasteiger partial charge in [-0.25, -0.2) is 0 Å². The van der Waals surface area contributed by atoms with Crippen LogP contribution in [0.4, 0.5) is 31.5 Å². The molecule has 0 radical (unpaired) electrons. The molecule has 1 fully saturated rings. The van der Waals surface area contributed by atoms with E-state index in [1.54, 1.807) is 18.2 Å². The molecule has 0 amide bonds. The highest BCUT2D eigenvalue weighted by Crippen LogP contribution is 2.43. The number of nitrogens with one attached hydrogen (secondary N) is 1. The highest BCUT2D eigenvalue weighted by molar-refractivity contribution is 7.17. The fourth-order valence-electron chi connectivity index (χ4n) is 4.45. The lowest BCUT2D eigenvalue weighted by molar-refractivity contribution is -0.143. The quantitative estimate of drug-likeness (QED) is 0.205. The summed E-state index contributed by atoms with van der Waals surface area (Å²) in [4.78, 5) is 6.32. The fraction of sp³-hybridized carbons (Fsp3) is 0.280. The molecule has 6 nitrogen and oxygen atoms in total. The first-order valence-corrected chi connectivity index (χ1v) is 12.4. The van der Waals surface area contributed by atoms with Crippen molar-refractivity contribution in [3.05, 3.63) is 69.7 Å². The number of piperidine rings is 1. The van der Waals surface area contributed by atoms with Gasteiger partial charge in [0.25, 0.3) is 0 Å². The summed E-state index contributed by atoms with van der Waals surface area (Å²) in [5, 5.41) is 18.6. The van der Waals surface area contributed by atoms with E-state index in [0.29, 0.717) is 40.8 Å². The van der Waals surface area contributed by atoms with Crippen LogP contribution in [0.5, 0.6) is 5.88 Å². The molecular formula is C25H21F6N5OS. The minimum absolute atomic E-state index is 0.0850. The molecule has 2 aromatic heterocycles. The van der Waals surface area contributed by atoms with Gasteiger partial charge in [-0.05, 0) is 54.3 Å². The molecule has 0 saturated carbocycles. The number of rotatable bonds is 4. The Morgan fingerprint density at radius 3 is 2.61 bits per heavy atom. The maximum atomic E-state index is 13.9. The van der Waals surface area contributed by atoms with Gasteiger partial charge in [0.05, 0.1) is 22.8 Å². The van der Waals surface area contributed by atoms with Gasteiger partial charge in [0.2, 0.25) is 5.88 Å². The van der Waals surface area contributed by atoms with Crippen molar-refractivity contribution >= 4 is 39.0 Å². The number of alkyl halides is 6. The van der Waals surface area contributed by atoms with Crippen molar-refractivity contribution in [1.82, 2.24) is 15.2 Å². The van der Waals surface area contributed by atoms with Crippen LogP contribution in [0, 0.1) is 0 Å². The molecule has 0 aliphatic carbocycles. The highest BCUT2D eigenvalue weighted by atomic mass is 32.1. The number of fused-ring (bicyclic) bond motifs is 1. The highest BCUT2D eigenvalue weighted by Gasteiger charge is 2.38. The van der Waals surface area contributed by atoms with Crippen LogP contribution in [0.2, 0.25) is 0 Å². The number of anilines is 1. The van der Waals surface area contributed by atoms with Crippen molar-refractivity contribution in [1.29, 1.82) is 0 Å². The zero-order chi connectivity index (χ0) is 27.2. The number of aromatic hydroxyl groups is 1. The molecule has 0 bridgehead atoms. The molecule has 13 heteroatoms. The maximum absolute atomic E-state index is 13.9. The second-order valence-electron chi connectivity index (χ2n) is 9.03. The summed E-state index contributed by atoms with van der Waals surface area (Å²) in [6.07, 6.45) is -5.69. The average molecular weight is 554 g/mol. The smallest absolute Gasteiger partial charge is 0.417 e. The second-order valence-corrected chi connectivity index (χ2v) is 10.0. The number of hydrogen-bond donors (Lipinski definition) is 3. The number of aromatic nitrogens is 3. The molecule has 3 heterocycles. The van der Waals surface area contributed by atoms with Crippen molar-refractivity contribution in [3.63, 3.8) is 0 Å². The van der Waals surface area contributed by atoms with Crippen LogP contribution in [0.25, 0.3) is 22.6 Å². The lowest BCUT2D eigenvalue weighted by Gasteiger charge is -2.30. The Labute approximate surface area is 216 Å². The van der Waals surface area contributed by atoms with Gasteiger partial charge < -0.3 is 15.7 Å². The summed E-state index contributed by atoms with van der Waals surface area (Å²) in [6.45, 7) is 1.15. The van der Waals surface area contributed by atoms with E-state index in [0.717, 1.165) is 36.3 Å². The van der Waals surface area contributed by atoms with Gasteiger partial charge in [0.15, 0.2) is 5.13 Å². The number of H-pyrrole nitrogens is 1. The Bertz CT molecular complexity index is 1510. The van der Waals surface area contributed by atoms with Gasteiger partial charge in [-0.1, -0.05) is 23.5 Å². The molecule has 0 unspecified atom stereocenters. The third-order valence-corrected chi connectivity index (χ3v) is 7.45. The number of benzene rings is 2. The summed E-state index contributed by atoms with van der Waals surface area (Å²) in [5.74, 6) is -0.400. The average Bonchev–Trinajstić information content (AvgIpc) is 3.47. The van der Waals surface area contributed by atoms with Crippen LogP contribution in [0.15, 0.2) is 42.6 Å². The largest absolute Gasteiger partial charge is 0.492 e. The van der Waals surface area contributed by atoms with E-state index in [4.69, 9.17) is 5.73 Å². The molecular weight excluding hydrogens is 532 g/mol.